The van der Waals surface area contributed by atoms with Crippen LogP contribution < -0.4 is 10.2 Å². The second kappa shape index (κ2) is 9.35. The summed E-state index contributed by atoms with van der Waals surface area (Å²) < 4.78 is 6.98. The maximum atomic E-state index is 11.9. The average molecular weight is 483 g/mol. The molecule has 0 spiro atoms. The van der Waals surface area contributed by atoms with Crippen LogP contribution in [0.25, 0.3) is 5.69 Å². The summed E-state index contributed by atoms with van der Waals surface area (Å²) >= 11 is 5.88. The highest BCUT2D eigenvalue weighted by molar-refractivity contribution is 7.80. The second-order valence-electron chi connectivity index (χ2n) is 8.68. The molecule has 1 N–H and O–H groups in total. The van der Waals surface area contributed by atoms with Gasteiger partial charge in [-0.05, 0) is 97.9 Å². The number of hydrogen-bond donors (Lipinski definition) is 1. The number of nitrogens with one attached hydrogen (secondary N) is 1. The van der Waals surface area contributed by atoms with Gasteiger partial charge in [-0.1, -0.05) is 12.1 Å². The maximum absolute atomic E-state index is 11.9. The summed E-state index contributed by atoms with van der Waals surface area (Å²) in [4.78, 5) is 18.7. The third kappa shape index (κ3) is 4.31. The number of hydrogen-bond acceptors (Lipinski definition) is 4. The summed E-state index contributed by atoms with van der Waals surface area (Å²) in [6.45, 7) is 4.19. The first-order chi connectivity index (χ1) is 17.0. The predicted octanol–water partition coefficient (Wildman–Crippen LogP) is 5.45. The van der Waals surface area contributed by atoms with Crippen LogP contribution in [0.4, 0.5) is 5.69 Å². The molecule has 0 bridgehead atoms. The number of anilines is 1. The van der Waals surface area contributed by atoms with Crippen LogP contribution in [0.15, 0.2) is 85.2 Å². The van der Waals surface area contributed by atoms with Crippen molar-refractivity contribution in [1.29, 1.82) is 0 Å². The van der Waals surface area contributed by atoms with E-state index < -0.39 is 0 Å². The second-order valence-corrected chi connectivity index (χ2v) is 9.07. The fourth-order valence-corrected chi connectivity index (χ4v) is 5.12. The fourth-order valence-electron chi connectivity index (χ4n) is 4.77. The van der Waals surface area contributed by atoms with Crippen LogP contribution in [0.1, 0.15) is 45.0 Å². The summed E-state index contributed by atoms with van der Waals surface area (Å²) in [6, 6.07) is 23.7. The van der Waals surface area contributed by atoms with E-state index in [0.29, 0.717) is 10.7 Å². The number of carbonyl (C=O) groups is 1. The summed E-state index contributed by atoms with van der Waals surface area (Å²) in [6.07, 6.45) is 3.83. The van der Waals surface area contributed by atoms with E-state index in [2.05, 4.69) is 57.9 Å². The largest absolute Gasteiger partial charge is 0.465 e. The number of aromatic nitrogens is 2. The highest BCUT2D eigenvalue weighted by Crippen LogP contribution is 2.42. The number of rotatable bonds is 5. The first-order valence-corrected chi connectivity index (χ1v) is 11.8. The first-order valence-electron chi connectivity index (χ1n) is 11.4. The Balaban J connectivity index is 1.64. The highest BCUT2D eigenvalue weighted by atomic mass is 32.1. The van der Waals surface area contributed by atoms with Crippen molar-refractivity contribution in [2.75, 3.05) is 12.0 Å². The molecule has 0 amide bonds. The van der Waals surface area contributed by atoms with Gasteiger partial charge in [0.2, 0.25) is 0 Å². The van der Waals surface area contributed by atoms with E-state index in [1.165, 1.54) is 18.2 Å². The zero-order chi connectivity index (χ0) is 24.5. The van der Waals surface area contributed by atoms with Crippen molar-refractivity contribution in [3.8, 4) is 5.69 Å². The molecular formula is C28H26N4O2S. The fraction of sp³-hybridized carbons (Fsp3) is 0.179. The Hall–Kier alpha value is -3.97. The normalized spacial score (nSPS) is 17.3. The van der Waals surface area contributed by atoms with Crippen LogP contribution in [-0.2, 0) is 4.74 Å². The lowest BCUT2D eigenvalue weighted by atomic mass is 10.00. The topological polar surface area (TPSA) is 59.4 Å². The quantitative estimate of drug-likeness (QED) is 0.301. The van der Waals surface area contributed by atoms with Gasteiger partial charge in [-0.25, -0.2) is 4.79 Å². The molecule has 7 heteroatoms. The molecule has 1 aliphatic heterocycles. The van der Waals surface area contributed by atoms with Crippen molar-refractivity contribution in [1.82, 2.24) is 14.9 Å². The number of nitrogens with zero attached hydrogens (tertiary/aromatic N) is 3. The van der Waals surface area contributed by atoms with Crippen molar-refractivity contribution in [3.63, 3.8) is 0 Å². The number of carbonyl (C=O) groups excluding carboxylic acids is 1. The van der Waals surface area contributed by atoms with E-state index in [-0.39, 0.29) is 18.1 Å². The predicted molar refractivity (Wildman–Crippen MR) is 141 cm³/mol. The van der Waals surface area contributed by atoms with Gasteiger partial charge in [-0.2, -0.15) is 0 Å². The number of esters is 1. The molecule has 6 nitrogen and oxygen atoms in total. The van der Waals surface area contributed by atoms with Gasteiger partial charge in [0.15, 0.2) is 5.11 Å². The van der Waals surface area contributed by atoms with Crippen LogP contribution in [-0.4, -0.2) is 27.7 Å². The van der Waals surface area contributed by atoms with Crippen LogP contribution >= 0.6 is 12.2 Å². The van der Waals surface area contributed by atoms with Crippen molar-refractivity contribution < 1.29 is 9.53 Å². The molecule has 1 saturated heterocycles. The summed E-state index contributed by atoms with van der Waals surface area (Å²) in [7, 11) is 1.38. The summed E-state index contributed by atoms with van der Waals surface area (Å²) in [5.74, 6) is -0.356. The van der Waals surface area contributed by atoms with Gasteiger partial charge >= 0.3 is 5.97 Å². The Kier molecular flexibility index (Phi) is 6.09. The van der Waals surface area contributed by atoms with Gasteiger partial charge in [-0.15, -0.1) is 0 Å². The van der Waals surface area contributed by atoms with Crippen LogP contribution in [0.3, 0.4) is 0 Å². The molecule has 1 aliphatic rings. The monoisotopic (exact) mass is 482 g/mol. The molecule has 3 heterocycles. The van der Waals surface area contributed by atoms with Gasteiger partial charge in [0.05, 0.1) is 24.4 Å². The third-order valence-electron chi connectivity index (χ3n) is 6.23. The molecule has 1 fully saturated rings. The lowest BCUT2D eigenvalue weighted by Gasteiger charge is -2.29. The minimum Gasteiger partial charge on any atom is -0.465 e. The molecule has 5 rings (SSSR count). The molecule has 0 radical (unpaired) electrons. The Labute approximate surface area is 210 Å². The summed E-state index contributed by atoms with van der Waals surface area (Å²) in [5.41, 5.74) is 6.82. The first kappa shape index (κ1) is 22.8. The van der Waals surface area contributed by atoms with Crippen LogP contribution in [0, 0.1) is 13.8 Å². The van der Waals surface area contributed by atoms with E-state index in [1.807, 2.05) is 42.6 Å². The Morgan fingerprint density at radius 2 is 1.71 bits per heavy atom. The van der Waals surface area contributed by atoms with Crippen LogP contribution in [0.5, 0.6) is 0 Å². The van der Waals surface area contributed by atoms with Crippen molar-refractivity contribution in [3.05, 3.63) is 113 Å². The van der Waals surface area contributed by atoms with Gasteiger partial charge in [0, 0.05) is 29.5 Å². The van der Waals surface area contributed by atoms with Gasteiger partial charge in [0.25, 0.3) is 0 Å². The highest BCUT2D eigenvalue weighted by Gasteiger charge is 2.42. The number of benzene rings is 2. The van der Waals surface area contributed by atoms with Gasteiger partial charge in [0.1, 0.15) is 6.04 Å². The molecule has 35 heavy (non-hydrogen) atoms. The number of thiocarbonyl (C=S) groups is 1. The number of aryl methyl sites for hydroxylation is 2. The smallest absolute Gasteiger partial charge is 0.337 e. The van der Waals surface area contributed by atoms with E-state index in [4.69, 9.17) is 17.0 Å². The van der Waals surface area contributed by atoms with E-state index in [9.17, 15) is 4.79 Å². The number of pyridine rings is 1. The maximum Gasteiger partial charge on any atom is 0.337 e. The number of methoxy groups -OCH3 is 1. The minimum atomic E-state index is -0.356. The van der Waals surface area contributed by atoms with E-state index in [0.717, 1.165) is 22.8 Å². The Morgan fingerprint density at radius 3 is 2.37 bits per heavy atom. The van der Waals surface area contributed by atoms with Gasteiger partial charge < -0.3 is 19.5 Å². The SMILES string of the molecule is COC(=O)c1ccc(-n2cccc2[C@@H]2[C@H](c3ccccn3)NC(=S)N2c2cc(C)cc(C)c2)cc1. The Bertz CT molecular complexity index is 1360. The average Bonchev–Trinajstić information content (AvgIpc) is 3.48. The number of ether oxygens (including phenoxy) is 1. The molecule has 4 aromatic rings. The molecular weight excluding hydrogens is 456 g/mol. The molecule has 2 atom stereocenters. The van der Waals surface area contributed by atoms with E-state index in [1.54, 1.807) is 18.3 Å². The van der Waals surface area contributed by atoms with Gasteiger partial charge in [-0.3, -0.25) is 4.98 Å². The molecule has 2 aromatic heterocycles. The van der Waals surface area contributed by atoms with Crippen molar-refractivity contribution in [2.24, 2.45) is 0 Å². The minimum absolute atomic E-state index is 0.145. The molecule has 0 saturated carbocycles. The van der Waals surface area contributed by atoms with Crippen LogP contribution in [0.2, 0.25) is 0 Å². The van der Waals surface area contributed by atoms with Crippen molar-refractivity contribution >= 4 is 29.0 Å². The third-order valence-corrected chi connectivity index (χ3v) is 6.55. The molecule has 176 valence electrons. The Morgan fingerprint density at radius 1 is 0.971 bits per heavy atom. The molecule has 0 unspecified atom stereocenters. The summed E-state index contributed by atoms with van der Waals surface area (Å²) in [5, 5.41) is 4.18. The van der Waals surface area contributed by atoms with E-state index >= 15 is 0 Å². The zero-order valence-electron chi connectivity index (χ0n) is 19.8. The zero-order valence-corrected chi connectivity index (χ0v) is 20.6. The standard InChI is InChI=1S/C28H26N4O2S/c1-18-15-19(2)17-22(16-18)32-26(25(30-28(32)35)23-7-4-5-13-29-23)24-8-6-14-31(24)21-11-9-20(10-12-21)27(33)34-3/h4-17,25-26H,1-3H3,(H,30,35)/t25-,26+/m0/s1. The molecule has 0 aliphatic carbocycles. The molecule has 2 aromatic carbocycles. The lowest BCUT2D eigenvalue weighted by molar-refractivity contribution is 0.0600. The lowest BCUT2D eigenvalue weighted by Crippen LogP contribution is -2.30. The van der Waals surface area contributed by atoms with Crippen molar-refractivity contribution in [2.45, 2.75) is 25.9 Å².